The first-order valence-electron chi connectivity index (χ1n) is 9.29. The average molecular weight is 394 g/mol. The zero-order valence-corrected chi connectivity index (χ0v) is 16.6. The number of carbonyl (C=O) groups excluding carboxylic acids is 1. The molecule has 0 fully saturated rings. The highest BCUT2D eigenvalue weighted by molar-refractivity contribution is 7.14. The van der Waals surface area contributed by atoms with Crippen LogP contribution >= 0.6 is 11.3 Å². The number of likely N-dealkylation sites (N-methyl/N-ethyl adjacent to an activating group) is 1. The Hall–Kier alpha value is -2.70. The van der Waals surface area contributed by atoms with Gasteiger partial charge in [-0.05, 0) is 36.7 Å². The predicted molar refractivity (Wildman–Crippen MR) is 110 cm³/mol. The second-order valence-electron chi connectivity index (χ2n) is 7.07. The van der Waals surface area contributed by atoms with Gasteiger partial charge >= 0.3 is 0 Å². The summed E-state index contributed by atoms with van der Waals surface area (Å²) in [5.41, 5.74) is 2.04. The van der Waals surface area contributed by atoms with E-state index in [9.17, 15) is 9.59 Å². The van der Waals surface area contributed by atoms with Gasteiger partial charge in [-0.3, -0.25) is 9.59 Å². The van der Waals surface area contributed by atoms with Crippen LogP contribution in [0.15, 0.2) is 59.5 Å². The minimum Gasteiger partial charge on any atom is -0.489 e. The van der Waals surface area contributed by atoms with E-state index in [0.717, 1.165) is 30.0 Å². The second-order valence-corrected chi connectivity index (χ2v) is 8.21. The number of hydrogen-bond donors (Lipinski definition) is 0. The first-order valence-corrected chi connectivity index (χ1v) is 10.1. The molecule has 0 aliphatic carbocycles. The molecule has 1 aromatic carbocycles. The van der Waals surface area contributed by atoms with Crippen molar-refractivity contribution >= 4 is 17.1 Å². The number of aromatic nitrogens is 1. The molecule has 4 rings (SSSR count). The van der Waals surface area contributed by atoms with Crippen molar-refractivity contribution in [2.75, 3.05) is 13.6 Å². The Bertz CT molecular complexity index is 1040. The molecule has 6 heteroatoms. The number of carbonyl (C=O) groups is 1. The van der Waals surface area contributed by atoms with E-state index in [1.807, 2.05) is 36.4 Å². The van der Waals surface area contributed by atoms with Crippen molar-refractivity contribution < 1.29 is 9.53 Å². The molecule has 0 saturated carbocycles. The van der Waals surface area contributed by atoms with Crippen LogP contribution in [0.4, 0.5) is 0 Å². The number of benzene rings is 1. The van der Waals surface area contributed by atoms with Crippen LogP contribution in [-0.2, 0) is 26.1 Å². The fraction of sp³-hybridized carbons (Fsp3) is 0.273. The van der Waals surface area contributed by atoms with Crippen LogP contribution in [0.5, 0.6) is 5.75 Å². The lowest BCUT2D eigenvalue weighted by Crippen LogP contribution is -2.25. The Balaban J connectivity index is 1.42. The Labute approximate surface area is 167 Å². The average Bonchev–Trinajstić information content (AvgIpc) is 3.12. The maximum absolute atomic E-state index is 12.7. The number of nitrogens with zero attached hydrogens (tertiary/aromatic N) is 2. The Morgan fingerprint density at radius 2 is 2.00 bits per heavy atom. The largest absolute Gasteiger partial charge is 0.489 e. The lowest BCUT2D eigenvalue weighted by atomic mass is 10.1. The maximum atomic E-state index is 12.7. The summed E-state index contributed by atoms with van der Waals surface area (Å²) < 4.78 is 7.11. The topological polar surface area (TPSA) is 51.5 Å². The zero-order valence-electron chi connectivity index (χ0n) is 15.8. The van der Waals surface area contributed by atoms with Crippen molar-refractivity contribution in [1.29, 1.82) is 0 Å². The summed E-state index contributed by atoms with van der Waals surface area (Å²) in [6.45, 7) is 2.35. The second kappa shape index (κ2) is 8.12. The predicted octanol–water partition coefficient (Wildman–Crippen LogP) is 3.36. The van der Waals surface area contributed by atoms with Gasteiger partial charge in [0.15, 0.2) is 5.78 Å². The molecule has 5 nitrogen and oxygen atoms in total. The lowest BCUT2D eigenvalue weighted by Gasteiger charge is -2.21. The van der Waals surface area contributed by atoms with Crippen LogP contribution in [0.25, 0.3) is 0 Å². The van der Waals surface area contributed by atoms with E-state index in [-0.39, 0.29) is 17.9 Å². The molecule has 144 valence electrons. The first kappa shape index (κ1) is 18.7. The Morgan fingerprint density at radius 1 is 1.18 bits per heavy atom. The molecule has 0 atom stereocenters. The molecule has 0 bridgehead atoms. The van der Waals surface area contributed by atoms with Gasteiger partial charge < -0.3 is 14.2 Å². The summed E-state index contributed by atoms with van der Waals surface area (Å²) in [6.07, 6.45) is 2.61. The highest BCUT2D eigenvalue weighted by atomic mass is 32.1. The monoisotopic (exact) mass is 394 g/mol. The minimum atomic E-state index is -0.236. The molecule has 0 saturated heterocycles. The van der Waals surface area contributed by atoms with Gasteiger partial charge in [-0.2, -0.15) is 0 Å². The molecule has 0 N–H and O–H groups in total. The quantitative estimate of drug-likeness (QED) is 0.602. The van der Waals surface area contributed by atoms with Crippen molar-refractivity contribution in [1.82, 2.24) is 9.47 Å². The number of thiophene rings is 1. The molecule has 2 aromatic heterocycles. The van der Waals surface area contributed by atoms with Crippen molar-refractivity contribution in [3.05, 3.63) is 86.0 Å². The molecule has 3 heterocycles. The maximum Gasteiger partial charge on any atom is 0.254 e. The standard InChI is InChI=1S/C22H22N2O3S/c1-23-9-8-20-17(13-23)11-21(28-20)19(25)14-24-10-7-18(12-22(24)26)27-15-16-5-3-2-4-6-16/h2-7,10-12H,8-9,13-15H2,1H3. The molecule has 1 aliphatic rings. The van der Waals surface area contributed by atoms with E-state index in [1.54, 1.807) is 23.6 Å². The van der Waals surface area contributed by atoms with Gasteiger partial charge in [-0.25, -0.2) is 0 Å². The smallest absolute Gasteiger partial charge is 0.254 e. The summed E-state index contributed by atoms with van der Waals surface area (Å²) in [5, 5.41) is 0. The fourth-order valence-electron chi connectivity index (χ4n) is 3.30. The summed E-state index contributed by atoms with van der Waals surface area (Å²) in [4.78, 5) is 29.3. The molecular weight excluding hydrogens is 372 g/mol. The van der Waals surface area contributed by atoms with Gasteiger partial charge in [0.05, 0.1) is 11.4 Å². The highest BCUT2D eigenvalue weighted by Gasteiger charge is 2.19. The molecule has 28 heavy (non-hydrogen) atoms. The van der Waals surface area contributed by atoms with Gasteiger partial charge in [0.25, 0.3) is 5.56 Å². The summed E-state index contributed by atoms with van der Waals surface area (Å²) in [7, 11) is 2.09. The summed E-state index contributed by atoms with van der Waals surface area (Å²) in [6, 6.07) is 14.9. The van der Waals surface area contributed by atoms with Crippen molar-refractivity contribution in [3.63, 3.8) is 0 Å². The van der Waals surface area contributed by atoms with E-state index in [0.29, 0.717) is 12.4 Å². The van der Waals surface area contributed by atoms with Crippen LogP contribution in [0.3, 0.4) is 0 Å². The number of pyridine rings is 1. The third kappa shape index (κ3) is 4.24. The van der Waals surface area contributed by atoms with Crippen LogP contribution in [0.2, 0.25) is 0 Å². The Kier molecular flexibility index (Phi) is 5.41. The Morgan fingerprint density at radius 3 is 2.79 bits per heavy atom. The van der Waals surface area contributed by atoms with Gasteiger partial charge in [0, 0.05) is 30.2 Å². The van der Waals surface area contributed by atoms with E-state index >= 15 is 0 Å². The molecule has 0 spiro atoms. The number of fused-ring (bicyclic) bond motifs is 1. The van der Waals surface area contributed by atoms with E-state index in [1.165, 1.54) is 21.1 Å². The van der Waals surface area contributed by atoms with Gasteiger partial charge in [-0.15, -0.1) is 11.3 Å². The molecule has 3 aromatic rings. The van der Waals surface area contributed by atoms with Crippen LogP contribution in [0.1, 0.15) is 25.7 Å². The van der Waals surface area contributed by atoms with Crippen LogP contribution in [-0.4, -0.2) is 28.8 Å². The van der Waals surface area contributed by atoms with E-state index < -0.39 is 0 Å². The molecule has 0 unspecified atom stereocenters. The third-order valence-electron chi connectivity index (χ3n) is 4.86. The number of ether oxygens (including phenoxy) is 1. The number of Topliss-reactive ketones (excluding diaryl/α,β-unsaturated/α-hetero) is 1. The van der Waals surface area contributed by atoms with Gasteiger partial charge in [0.1, 0.15) is 12.4 Å². The summed E-state index contributed by atoms with van der Waals surface area (Å²) in [5.74, 6) is 0.481. The first-order chi connectivity index (χ1) is 13.6. The highest BCUT2D eigenvalue weighted by Crippen LogP contribution is 2.28. The van der Waals surface area contributed by atoms with Crippen LogP contribution < -0.4 is 10.3 Å². The minimum absolute atomic E-state index is 0.0258. The van der Waals surface area contributed by atoms with E-state index in [4.69, 9.17) is 4.74 Å². The SMILES string of the molecule is CN1CCc2sc(C(=O)Cn3ccc(OCc4ccccc4)cc3=O)cc2C1. The third-order valence-corrected chi connectivity index (χ3v) is 6.14. The molecule has 0 radical (unpaired) electrons. The summed E-state index contributed by atoms with van der Waals surface area (Å²) >= 11 is 1.56. The number of hydrogen-bond acceptors (Lipinski definition) is 5. The fourth-order valence-corrected chi connectivity index (χ4v) is 4.39. The van der Waals surface area contributed by atoms with Crippen molar-refractivity contribution in [3.8, 4) is 5.75 Å². The van der Waals surface area contributed by atoms with Crippen molar-refractivity contribution in [2.24, 2.45) is 0 Å². The number of ketones is 1. The number of rotatable bonds is 6. The molecular formula is C22H22N2O3S. The molecule has 1 aliphatic heterocycles. The van der Waals surface area contributed by atoms with E-state index in [2.05, 4.69) is 11.9 Å². The normalized spacial score (nSPS) is 13.9. The van der Waals surface area contributed by atoms with Crippen LogP contribution in [0, 0.1) is 0 Å². The lowest BCUT2D eigenvalue weighted by molar-refractivity contribution is 0.0974. The van der Waals surface area contributed by atoms with Gasteiger partial charge in [0.2, 0.25) is 0 Å². The zero-order chi connectivity index (χ0) is 19.5. The van der Waals surface area contributed by atoms with Crippen molar-refractivity contribution in [2.45, 2.75) is 26.1 Å². The van der Waals surface area contributed by atoms with Gasteiger partial charge in [-0.1, -0.05) is 30.3 Å². The molecule has 0 amide bonds.